The van der Waals surface area contributed by atoms with Gasteiger partial charge in [-0.1, -0.05) is 30.3 Å². The second kappa shape index (κ2) is 10.6. The normalized spacial score (nSPS) is 10.7. The minimum absolute atomic E-state index is 0.00768. The van der Waals surface area contributed by atoms with Crippen molar-refractivity contribution in [1.29, 1.82) is 0 Å². The third-order valence-electron chi connectivity index (χ3n) is 4.95. The lowest BCUT2D eigenvalue weighted by atomic mass is 10.1. The van der Waals surface area contributed by atoms with E-state index in [1.165, 1.54) is 23.8 Å². The van der Waals surface area contributed by atoms with Crippen LogP contribution in [0.15, 0.2) is 58.1 Å². The van der Waals surface area contributed by atoms with Gasteiger partial charge in [0, 0.05) is 33.3 Å². The van der Waals surface area contributed by atoms with Crippen molar-refractivity contribution in [1.82, 2.24) is 9.55 Å². The maximum absolute atomic E-state index is 14.4. The van der Waals surface area contributed by atoms with Crippen LogP contribution in [0, 0.1) is 5.82 Å². The highest BCUT2D eigenvalue weighted by molar-refractivity contribution is 6.05. The predicted octanol–water partition coefficient (Wildman–Crippen LogP) is 2.25. The smallest absolute Gasteiger partial charge is 0.330 e. The number of aromatic nitrogens is 2. The number of ether oxygens (including phenoxy) is 1. The summed E-state index contributed by atoms with van der Waals surface area (Å²) in [6, 6.07) is 13.4. The number of amides is 1. The number of nitrogens with one attached hydrogen (secondary N) is 3. The number of nitrogens with zero attached hydrogens (tertiary/aromatic N) is 2. The first kappa shape index (κ1) is 23.7. The summed E-state index contributed by atoms with van der Waals surface area (Å²) in [5.41, 5.74) is -0.123. The van der Waals surface area contributed by atoms with Crippen molar-refractivity contribution in [2.75, 3.05) is 43.3 Å². The van der Waals surface area contributed by atoms with E-state index in [-0.39, 0.29) is 36.8 Å². The van der Waals surface area contributed by atoms with Gasteiger partial charge in [-0.15, -0.1) is 0 Å². The van der Waals surface area contributed by atoms with Crippen molar-refractivity contribution in [2.45, 2.75) is 13.1 Å². The summed E-state index contributed by atoms with van der Waals surface area (Å²) < 4.78 is 20.7. The van der Waals surface area contributed by atoms with E-state index >= 15 is 0 Å². The van der Waals surface area contributed by atoms with Crippen molar-refractivity contribution in [2.24, 2.45) is 0 Å². The summed E-state index contributed by atoms with van der Waals surface area (Å²) in [6.07, 6.45) is 0. The van der Waals surface area contributed by atoms with Gasteiger partial charge in [0.1, 0.15) is 17.3 Å². The van der Waals surface area contributed by atoms with Crippen molar-refractivity contribution in [3.63, 3.8) is 0 Å². The average molecular weight is 455 g/mol. The van der Waals surface area contributed by atoms with Gasteiger partial charge < -0.3 is 20.3 Å². The lowest BCUT2D eigenvalue weighted by Crippen LogP contribution is -2.36. The second-order valence-corrected chi connectivity index (χ2v) is 7.48. The highest BCUT2D eigenvalue weighted by atomic mass is 19.1. The fourth-order valence-corrected chi connectivity index (χ4v) is 3.24. The predicted molar refractivity (Wildman–Crippen MR) is 126 cm³/mol. The fraction of sp³-hybridized carbons (Fsp3) is 0.261. The number of hydrogen-bond acceptors (Lipinski definition) is 6. The van der Waals surface area contributed by atoms with Gasteiger partial charge in [-0.05, 0) is 23.8 Å². The summed E-state index contributed by atoms with van der Waals surface area (Å²) in [4.78, 5) is 41.9. The van der Waals surface area contributed by atoms with E-state index in [9.17, 15) is 18.8 Å². The molecular formula is C23H26FN5O4. The number of hydrogen-bond donors (Lipinski definition) is 3. The number of methoxy groups -OCH3 is 1. The first-order valence-corrected chi connectivity index (χ1v) is 10.2. The van der Waals surface area contributed by atoms with Gasteiger partial charge in [0.2, 0.25) is 0 Å². The standard InChI is InChI=1S/C23H26FN5O4/c1-28(2)18-10-9-16(13-17(18)24)21(30)26-20-19(25-14-15-7-5-4-6-8-15)22(31)27-23(32)29(20)11-12-33-3/h4-10,13,25H,11-12,14H2,1-3H3,(H,26,30)(H,27,31,32). The average Bonchev–Trinajstić information content (AvgIpc) is 2.78. The van der Waals surface area contributed by atoms with Crippen LogP contribution in [0.4, 0.5) is 21.6 Å². The second-order valence-electron chi connectivity index (χ2n) is 7.48. The van der Waals surface area contributed by atoms with Gasteiger partial charge in [0.25, 0.3) is 11.5 Å². The Morgan fingerprint density at radius 1 is 1.15 bits per heavy atom. The van der Waals surface area contributed by atoms with Crippen LogP contribution < -0.4 is 26.8 Å². The zero-order valence-corrected chi connectivity index (χ0v) is 18.6. The summed E-state index contributed by atoms with van der Waals surface area (Å²) in [6.45, 7) is 0.524. The highest BCUT2D eigenvalue weighted by Crippen LogP contribution is 2.21. The van der Waals surface area contributed by atoms with Gasteiger partial charge in [-0.25, -0.2) is 9.18 Å². The van der Waals surface area contributed by atoms with Gasteiger partial charge in [0.05, 0.1) is 18.8 Å². The molecule has 0 aliphatic carbocycles. The number of halogens is 1. The first-order valence-electron chi connectivity index (χ1n) is 10.2. The molecule has 0 saturated carbocycles. The molecule has 9 nitrogen and oxygen atoms in total. The maximum Gasteiger partial charge on any atom is 0.330 e. The monoisotopic (exact) mass is 455 g/mol. The van der Waals surface area contributed by atoms with Crippen molar-refractivity contribution in [3.05, 3.63) is 86.3 Å². The zero-order valence-electron chi connectivity index (χ0n) is 18.6. The molecule has 0 aliphatic rings. The number of rotatable bonds is 9. The Balaban J connectivity index is 1.99. The van der Waals surface area contributed by atoms with E-state index in [4.69, 9.17) is 4.74 Å². The van der Waals surface area contributed by atoms with E-state index in [1.54, 1.807) is 19.0 Å². The number of benzene rings is 2. The number of aromatic amines is 1. The summed E-state index contributed by atoms with van der Waals surface area (Å²) in [5.74, 6) is -1.27. The van der Waals surface area contributed by atoms with Gasteiger partial charge in [-0.3, -0.25) is 19.1 Å². The van der Waals surface area contributed by atoms with E-state index in [0.29, 0.717) is 5.69 Å². The van der Waals surface area contributed by atoms with Crippen LogP contribution in [0.1, 0.15) is 15.9 Å². The minimum Gasteiger partial charge on any atom is -0.383 e. The van der Waals surface area contributed by atoms with E-state index in [0.717, 1.165) is 11.6 Å². The van der Waals surface area contributed by atoms with Gasteiger partial charge in [0.15, 0.2) is 0 Å². The molecule has 174 valence electrons. The van der Waals surface area contributed by atoms with Crippen LogP contribution in [0.2, 0.25) is 0 Å². The first-order chi connectivity index (χ1) is 15.8. The van der Waals surface area contributed by atoms with Crippen molar-refractivity contribution in [3.8, 4) is 0 Å². The Kier molecular flexibility index (Phi) is 7.62. The SMILES string of the molecule is COCCn1c(NC(=O)c2ccc(N(C)C)c(F)c2)c(NCc2ccccc2)c(=O)[nH]c1=O. The van der Waals surface area contributed by atoms with Crippen LogP contribution >= 0.6 is 0 Å². The van der Waals surface area contributed by atoms with Crippen LogP contribution in [0.3, 0.4) is 0 Å². The molecule has 1 heterocycles. The molecule has 0 saturated heterocycles. The number of H-pyrrole nitrogens is 1. The molecule has 2 aromatic carbocycles. The maximum atomic E-state index is 14.4. The molecule has 10 heteroatoms. The summed E-state index contributed by atoms with van der Waals surface area (Å²) >= 11 is 0. The third kappa shape index (κ3) is 5.66. The van der Waals surface area contributed by atoms with Crippen molar-refractivity contribution < 1.29 is 13.9 Å². The molecule has 0 unspecified atom stereocenters. The molecule has 0 radical (unpaired) electrons. The molecule has 0 aliphatic heterocycles. The van der Waals surface area contributed by atoms with Crippen LogP contribution in [-0.4, -0.2) is 43.3 Å². The molecule has 0 fully saturated rings. The van der Waals surface area contributed by atoms with Crippen LogP contribution in [0.5, 0.6) is 0 Å². The molecule has 1 amide bonds. The molecule has 33 heavy (non-hydrogen) atoms. The number of anilines is 3. The van der Waals surface area contributed by atoms with E-state index < -0.39 is 23.0 Å². The Bertz CT molecular complexity index is 1240. The molecule has 3 rings (SSSR count). The zero-order chi connectivity index (χ0) is 24.0. The molecule has 1 aromatic heterocycles. The fourth-order valence-electron chi connectivity index (χ4n) is 3.24. The van der Waals surface area contributed by atoms with E-state index in [2.05, 4.69) is 15.6 Å². The lowest BCUT2D eigenvalue weighted by molar-refractivity contribution is 0.102. The molecular weight excluding hydrogens is 429 g/mol. The highest BCUT2D eigenvalue weighted by Gasteiger charge is 2.19. The topological polar surface area (TPSA) is 108 Å². The molecule has 0 bridgehead atoms. The van der Waals surface area contributed by atoms with Gasteiger partial charge in [-0.2, -0.15) is 0 Å². The Hall–Kier alpha value is -3.92. The Morgan fingerprint density at radius 3 is 2.52 bits per heavy atom. The molecule has 0 spiro atoms. The summed E-state index contributed by atoms with van der Waals surface area (Å²) in [5, 5.41) is 5.60. The molecule has 0 atom stereocenters. The summed E-state index contributed by atoms with van der Waals surface area (Å²) in [7, 11) is 4.85. The lowest BCUT2D eigenvalue weighted by Gasteiger charge is -2.18. The molecule has 3 aromatic rings. The largest absolute Gasteiger partial charge is 0.383 e. The van der Waals surface area contributed by atoms with Gasteiger partial charge >= 0.3 is 5.69 Å². The quantitative estimate of drug-likeness (QED) is 0.457. The Labute approximate surface area is 189 Å². The third-order valence-corrected chi connectivity index (χ3v) is 4.95. The van der Waals surface area contributed by atoms with Crippen LogP contribution in [-0.2, 0) is 17.8 Å². The van der Waals surface area contributed by atoms with Crippen LogP contribution in [0.25, 0.3) is 0 Å². The molecule has 3 N–H and O–H groups in total. The Morgan fingerprint density at radius 2 is 1.88 bits per heavy atom. The van der Waals surface area contributed by atoms with Crippen molar-refractivity contribution >= 4 is 23.1 Å². The minimum atomic E-state index is -0.702. The number of carbonyl (C=O) groups excluding carboxylic acids is 1. The number of carbonyl (C=O) groups is 1. The van der Waals surface area contributed by atoms with E-state index in [1.807, 2.05) is 30.3 Å².